The lowest BCUT2D eigenvalue weighted by molar-refractivity contribution is -0.118. The molecule has 82 valence electrons. The van der Waals surface area contributed by atoms with Crippen molar-refractivity contribution in [1.29, 1.82) is 0 Å². The minimum absolute atomic E-state index is 0.0855. The summed E-state index contributed by atoms with van der Waals surface area (Å²) in [6, 6.07) is 9.75. The van der Waals surface area contributed by atoms with Crippen LogP contribution in [-0.2, 0) is 4.79 Å². The van der Waals surface area contributed by atoms with E-state index in [1.165, 1.54) is 0 Å². The van der Waals surface area contributed by atoms with E-state index in [9.17, 15) is 4.79 Å². The van der Waals surface area contributed by atoms with Crippen molar-refractivity contribution in [3.05, 3.63) is 30.3 Å². The third kappa shape index (κ3) is 3.06. The van der Waals surface area contributed by atoms with Gasteiger partial charge in [-0.3, -0.25) is 4.79 Å². The van der Waals surface area contributed by atoms with Gasteiger partial charge in [-0.2, -0.15) is 0 Å². The monoisotopic (exact) mass is 269 g/mol. The summed E-state index contributed by atoms with van der Waals surface area (Å²) in [6.45, 7) is 4.68. The maximum Gasteiger partial charge on any atom is 0.240 e. The summed E-state index contributed by atoms with van der Waals surface area (Å²) in [5, 5.41) is 0. The molecule has 1 atom stereocenters. The van der Waals surface area contributed by atoms with Crippen molar-refractivity contribution in [3.8, 4) is 0 Å². The molecule has 0 radical (unpaired) electrons. The van der Waals surface area contributed by atoms with Crippen molar-refractivity contribution in [1.82, 2.24) is 0 Å². The number of para-hydroxylation sites is 1. The Morgan fingerprint density at radius 1 is 1.33 bits per heavy atom. The zero-order valence-corrected chi connectivity index (χ0v) is 10.7. The highest BCUT2D eigenvalue weighted by Crippen LogP contribution is 2.17. The highest BCUT2D eigenvalue weighted by molar-refractivity contribution is 9.10. The van der Waals surface area contributed by atoms with E-state index in [4.69, 9.17) is 0 Å². The molecule has 2 nitrogen and oxygen atoms in total. The number of hydrogen-bond acceptors (Lipinski definition) is 1. The molecule has 0 aliphatic heterocycles. The van der Waals surface area contributed by atoms with E-state index in [-0.39, 0.29) is 10.7 Å². The molecule has 0 fully saturated rings. The molecule has 0 saturated heterocycles. The van der Waals surface area contributed by atoms with E-state index in [0.717, 1.165) is 12.1 Å². The van der Waals surface area contributed by atoms with Gasteiger partial charge in [0.25, 0.3) is 0 Å². The summed E-state index contributed by atoms with van der Waals surface area (Å²) < 4.78 is 0. The normalized spacial score (nSPS) is 12.2. The fourth-order valence-corrected chi connectivity index (χ4v) is 1.66. The minimum atomic E-state index is -0.0855. The van der Waals surface area contributed by atoms with Gasteiger partial charge in [0.15, 0.2) is 0 Å². The number of carbonyl (C=O) groups excluding carboxylic acids is 1. The van der Waals surface area contributed by atoms with Crippen molar-refractivity contribution < 1.29 is 4.79 Å². The Labute approximate surface area is 99.4 Å². The number of carbonyl (C=O) groups is 1. The summed E-state index contributed by atoms with van der Waals surface area (Å²) in [7, 11) is 0. The molecule has 3 heteroatoms. The molecule has 1 amide bonds. The maximum absolute atomic E-state index is 12.0. The highest BCUT2D eigenvalue weighted by atomic mass is 79.9. The number of nitrogens with zero attached hydrogens (tertiary/aromatic N) is 1. The van der Waals surface area contributed by atoms with Gasteiger partial charge in [0.05, 0.1) is 4.83 Å². The summed E-state index contributed by atoms with van der Waals surface area (Å²) in [5.41, 5.74) is 0.961. The summed E-state index contributed by atoms with van der Waals surface area (Å²) in [6.07, 6.45) is 0.808. The predicted octanol–water partition coefficient (Wildman–Crippen LogP) is 3.21. The van der Waals surface area contributed by atoms with Gasteiger partial charge in [-0.05, 0) is 25.5 Å². The number of benzene rings is 1. The zero-order valence-electron chi connectivity index (χ0n) is 9.11. The summed E-state index contributed by atoms with van der Waals surface area (Å²) in [5.74, 6) is 0.131. The lowest BCUT2D eigenvalue weighted by Crippen LogP contribution is -2.36. The van der Waals surface area contributed by atoms with Crippen LogP contribution in [0.15, 0.2) is 30.3 Å². The second kappa shape index (κ2) is 5.91. The number of halogens is 1. The Balaban J connectivity index is 2.85. The lowest BCUT2D eigenvalue weighted by Gasteiger charge is -2.23. The van der Waals surface area contributed by atoms with Crippen LogP contribution in [0.25, 0.3) is 0 Å². The second-order valence-electron chi connectivity index (χ2n) is 3.29. The highest BCUT2D eigenvalue weighted by Gasteiger charge is 2.19. The fraction of sp³-hybridized carbons (Fsp3) is 0.417. The standard InChI is InChI=1S/C12H16BrNO/c1-3-11(13)12(15)14(4-2)10-8-6-5-7-9-10/h5-9,11H,3-4H2,1-2H3. The van der Waals surface area contributed by atoms with Gasteiger partial charge in [-0.15, -0.1) is 0 Å². The second-order valence-corrected chi connectivity index (χ2v) is 4.40. The first-order chi connectivity index (χ1) is 7.20. The van der Waals surface area contributed by atoms with E-state index in [1.807, 2.05) is 44.2 Å². The van der Waals surface area contributed by atoms with Gasteiger partial charge in [0.1, 0.15) is 0 Å². The molecule has 0 bridgehead atoms. The number of alkyl halides is 1. The molecule has 0 saturated carbocycles. The van der Waals surface area contributed by atoms with Crippen molar-refractivity contribution in [2.24, 2.45) is 0 Å². The maximum atomic E-state index is 12.0. The Kier molecular flexibility index (Phi) is 4.82. The Bertz CT molecular complexity index is 313. The van der Waals surface area contributed by atoms with Crippen LogP contribution in [0.3, 0.4) is 0 Å². The van der Waals surface area contributed by atoms with Crippen LogP contribution < -0.4 is 4.90 Å². The van der Waals surface area contributed by atoms with Crippen LogP contribution in [0.2, 0.25) is 0 Å². The number of amides is 1. The van der Waals surface area contributed by atoms with E-state index in [2.05, 4.69) is 15.9 Å². The third-order valence-electron chi connectivity index (χ3n) is 2.28. The Morgan fingerprint density at radius 3 is 2.40 bits per heavy atom. The van der Waals surface area contributed by atoms with Gasteiger partial charge in [0, 0.05) is 12.2 Å². The van der Waals surface area contributed by atoms with Crippen LogP contribution in [-0.4, -0.2) is 17.3 Å². The Hall–Kier alpha value is -0.830. The van der Waals surface area contributed by atoms with Gasteiger partial charge >= 0.3 is 0 Å². The molecule has 0 aromatic heterocycles. The molecular formula is C12H16BrNO. The van der Waals surface area contributed by atoms with E-state index >= 15 is 0 Å². The van der Waals surface area contributed by atoms with Crippen molar-refractivity contribution in [2.75, 3.05) is 11.4 Å². The van der Waals surface area contributed by atoms with Crippen LogP contribution >= 0.6 is 15.9 Å². The van der Waals surface area contributed by atoms with E-state index < -0.39 is 0 Å². The molecule has 1 rings (SSSR count). The minimum Gasteiger partial charge on any atom is -0.312 e. The predicted molar refractivity (Wildman–Crippen MR) is 67.5 cm³/mol. The molecule has 0 aliphatic carbocycles. The topological polar surface area (TPSA) is 20.3 Å². The van der Waals surface area contributed by atoms with Crippen molar-refractivity contribution >= 4 is 27.5 Å². The molecule has 15 heavy (non-hydrogen) atoms. The van der Waals surface area contributed by atoms with Gasteiger partial charge < -0.3 is 4.90 Å². The van der Waals surface area contributed by atoms with Gasteiger partial charge in [-0.1, -0.05) is 41.1 Å². The van der Waals surface area contributed by atoms with Gasteiger partial charge in [0.2, 0.25) is 5.91 Å². The first-order valence-electron chi connectivity index (χ1n) is 5.21. The molecular weight excluding hydrogens is 254 g/mol. The van der Waals surface area contributed by atoms with E-state index in [0.29, 0.717) is 6.54 Å². The van der Waals surface area contributed by atoms with Gasteiger partial charge in [-0.25, -0.2) is 0 Å². The SMILES string of the molecule is CCC(Br)C(=O)N(CC)c1ccccc1. The van der Waals surface area contributed by atoms with Crippen LogP contribution in [0.1, 0.15) is 20.3 Å². The zero-order chi connectivity index (χ0) is 11.3. The molecule has 0 aliphatic rings. The molecule has 1 unspecified atom stereocenters. The van der Waals surface area contributed by atoms with Crippen molar-refractivity contribution in [2.45, 2.75) is 25.1 Å². The summed E-state index contributed by atoms with van der Waals surface area (Å²) in [4.78, 5) is 13.7. The fourth-order valence-electron chi connectivity index (χ4n) is 1.42. The quantitative estimate of drug-likeness (QED) is 0.769. The van der Waals surface area contributed by atoms with E-state index in [1.54, 1.807) is 4.90 Å². The average Bonchev–Trinajstić information content (AvgIpc) is 2.30. The summed E-state index contributed by atoms with van der Waals surface area (Å²) >= 11 is 3.39. The average molecular weight is 270 g/mol. The van der Waals surface area contributed by atoms with Crippen molar-refractivity contribution in [3.63, 3.8) is 0 Å². The Morgan fingerprint density at radius 2 is 1.93 bits per heavy atom. The largest absolute Gasteiger partial charge is 0.312 e. The lowest BCUT2D eigenvalue weighted by atomic mass is 10.2. The van der Waals surface area contributed by atoms with Crippen LogP contribution in [0, 0.1) is 0 Å². The van der Waals surface area contributed by atoms with Crippen LogP contribution in [0.4, 0.5) is 5.69 Å². The first-order valence-corrected chi connectivity index (χ1v) is 6.12. The molecule has 0 heterocycles. The van der Waals surface area contributed by atoms with Crippen LogP contribution in [0.5, 0.6) is 0 Å². The smallest absolute Gasteiger partial charge is 0.240 e. The third-order valence-corrected chi connectivity index (χ3v) is 3.32. The number of rotatable bonds is 4. The number of anilines is 1. The molecule has 0 N–H and O–H groups in total. The first kappa shape index (κ1) is 12.2. The molecule has 1 aromatic rings. The molecule has 1 aromatic carbocycles. The molecule has 0 spiro atoms. The number of hydrogen-bond donors (Lipinski definition) is 0.